The van der Waals surface area contributed by atoms with Crippen LogP contribution in [0.3, 0.4) is 0 Å². The first-order chi connectivity index (χ1) is 11.0. The Morgan fingerprint density at radius 3 is 2.65 bits per heavy atom. The molecular weight excluding hydrogens is 310 g/mol. The molecule has 3 rings (SSSR count). The summed E-state index contributed by atoms with van der Waals surface area (Å²) in [5, 5.41) is 4.92. The van der Waals surface area contributed by atoms with Crippen LogP contribution >= 0.6 is 11.6 Å². The molecule has 1 unspecified atom stereocenters. The first-order valence-electron chi connectivity index (χ1n) is 8.36. The van der Waals surface area contributed by atoms with E-state index in [1.165, 1.54) is 12.8 Å². The van der Waals surface area contributed by atoms with E-state index in [9.17, 15) is 0 Å². The highest BCUT2D eigenvalue weighted by Crippen LogP contribution is 2.37. The van der Waals surface area contributed by atoms with E-state index in [0.29, 0.717) is 24.4 Å². The summed E-state index contributed by atoms with van der Waals surface area (Å²) in [5.74, 6) is 2.03. The monoisotopic (exact) mass is 333 g/mol. The van der Waals surface area contributed by atoms with Crippen molar-refractivity contribution in [1.82, 2.24) is 15.0 Å². The second-order valence-corrected chi connectivity index (χ2v) is 7.21. The zero-order valence-corrected chi connectivity index (χ0v) is 14.8. The number of rotatable bonds is 7. The van der Waals surface area contributed by atoms with Crippen LogP contribution in [0.4, 0.5) is 0 Å². The Balaban J connectivity index is 1.74. The van der Waals surface area contributed by atoms with E-state index >= 15 is 0 Å². The minimum Gasteiger partial charge on any atom is -0.338 e. The highest BCUT2D eigenvalue weighted by atomic mass is 35.5. The fraction of sp³-hybridized carbons (Fsp3) is 0.556. The van der Waals surface area contributed by atoms with Gasteiger partial charge in [0.25, 0.3) is 0 Å². The van der Waals surface area contributed by atoms with E-state index in [1.54, 1.807) is 0 Å². The minimum absolute atomic E-state index is 0.233. The number of hydrogen-bond acceptors (Lipinski definition) is 4. The number of hydrogen-bond donors (Lipinski definition) is 0. The number of benzene rings is 1. The molecule has 0 saturated heterocycles. The molecule has 23 heavy (non-hydrogen) atoms. The fourth-order valence-corrected chi connectivity index (χ4v) is 3.23. The first kappa shape index (κ1) is 16.5. The molecule has 0 amide bonds. The van der Waals surface area contributed by atoms with Crippen LogP contribution in [0.15, 0.2) is 28.8 Å². The van der Waals surface area contributed by atoms with Gasteiger partial charge in [0.15, 0.2) is 5.82 Å². The van der Waals surface area contributed by atoms with Gasteiger partial charge in [0, 0.05) is 23.5 Å². The molecule has 1 aromatic heterocycles. The highest BCUT2D eigenvalue weighted by Gasteiger charge is 2.34. The van der Waals surface area contributed by atoms with E-state index in [-0.39, 0.29) is 6.04 Å². The van der Waals surface area contributed by atoms with Crippen molar-refractivity contribution in [3.05, 3.63) is 46.6 Å². The lowest BCUT2D eigenvalue weighted by Gasteiger charge is -2.28. The van der Waals surface area contributed by atoms with Gasteiger partial charge in [-0.25, -0.2) is 0 Å². The van der Waals surface area contributed by atoms with Gasteiger partial charge in [-0.05, 0) is 37.3 Å². The third kappa shape index (κ3) is 4.12. The van der Waals surface area contributed by atoms with Crippen LogP contribution in [0.2, 0.25) is 5.02 Å². The normalized spacial score (nSPS) is 16.3. The second kappa shape index (κ2) is 7.02. The fourth-order valence-electron chi connectivity index (χ4n) is 2.94. The topological polar surface area (TPSA) is 42.2 Å². The molecule has 1 fully saturated rings. The maximum Gasteiger partial charge on any atom is 0.240 e. The Bertz CT molecular complexity index is 651. The smallest absolute Gasteiger partial charge is 0.240 e. The molecule has 4 nitrogen and oxygen atoms in total. The van der Waals surface area contributed by atoms with Crippen molar-refractivity contribution in [2.75, 3.05) is 0 Å². The van der Waals surface area contributed by atoms with E-state index in [0.717, 1.165) is 22.8 Å². The van der Waals surface area contributed by atoms with Gasteiger partial charge in [-0.2, -0.15) is 4.98 Å². The van der Waals surface area contributed by atoms with E-state index in [4.69, 9.17) is 16.1 Å². The molecule has 0 spiro atoms. The van der Waals surface area contributed by atoms with Crippen molar-refractivity contribution in [3.63, 3.8) is 0 Å². The molecular formula is C18H24ClN3O. The SMILES string of the molecule is CC(C)Cc1noc(CN(C2CC2)C(C)c2ccccc2Cl)n1. The van der Waals surface area contributed by atoms with Crippen molar-refractivity contribution in [3.8, 4) is 0 Å². The predicted octanol–water partition coefficient (Wildman–Crippen LogP) is 4.65. The van der Waals surface area contributed by atoms with Crippen LogP contribution in [-0.4, -0.2) is 21.1 Å². The van der Waals surface area contributed by atoms with Crippen LogP contribution < -0.4 is 0 Å². The summed E-state index contributed by atoms with van der Waals surface area (Å²) in [5.41, 5.74) is 1.16. The maximum atomic E-state index is 6.37. The van der Waals surface area contributed by atoms with Crippen molar-refractivity contribution >= 4 is 11.6 Å². The predicted molar refractivity (Wildman–Crippen MR) is 91.3 cm³/mol. The lowest BCUT2D eigenvalue weighted by molar-refractivity contribution is 0.165. The molecule has 124 valence electrons. The average molecular weight is 334 g/mol. The molecule has 5 heteroatoms. The summed E-state index contributed by atoms with van der Waals surface area (Å²) in [6.45, 7) is 7.20. The van der Waals surface area contributed by atoms with Gasteiger partial charge >= 0.3 is 0 Å². The summed E-state index contributed by atoms with van der Waals surface area (Å²) < 4.78 is 5.45. The van der Waals surface area contributed by atoms with Gasteiger partial charge in [0.1, 0.15) is 0 Å². The lowest BCUT2D eigenvalue weighted by Crippen LogP contribution is -2.29. The van der Waals surface area contributed by atoms with Gasteiger partial charge < -0.3 is 4.52 Å². The standard InChI is InChI=1S/C18H24ClN3O/c1-12(2)10-17-20-18(23-21-17)11-22(14-8-9-14)13(3)15-6-4-5-7-16(15)19/h4-7,12-14H,8-11H2,1-3H3. The summed E-state index contributed by atoms with van der Waals surface area (Å²) in [6.07, 6.45) is 3.30. The maximum absolute atomic E-state index is 6.37. The third-order valence-corrected chi connectivity index (χ3v) is 4.63. The molecule has 0 bridgehead atoms. The van der Waals surface area contributed by atoms with E-state index in [1.807, 2.05) is 18.2 Å². The van der Waals surface area contributed by atoms with Crippen LogP contribution in [0.1, 0.15) is 56.9 Å². The zero-order valence-electron chi connectivity index (χ0n) is 14.0. The van der Waals surface area contributed by atoms with Crippen molar-refractivity contribution in [2.24, 2.45) is 5.92 Å². The van der Waals surface area contributed by atoms with Crippen molar-refractivity contribution in [1.29, 1.82) is 0 Å². The third-order valence-electron chi connectivity index (χ3n) is 4.29. The van der Waals surface area contributed by atoms with E-state index in [2.05, 4.69) is 41.9 Å². The zero-order chi connectivity index (χ0) is 16.4. The second-order valence-electron chi connectivity index (χ2n) is 6.80. The Kier molecular flexibility index (Phi) is 5.02. The van der Waals surface area contributed by atoms with Crippen LogP contribution in [0, 0.1) is 5.92 Å². The number of nitrogens with zero attached hydrogens (tertiary/aromatic N) is 3. The Hall–Kier alpha value is -1.39. The molecule has 1 atom stereocenters. The highest BCUT2D eigenvalue weighted by molar-refractivity contribution is 6.31. The van der Waals surface area contributed by atoms with E-state index < -0.39 is 0 Å². The van der Waals surface area contributed by atoms with Gasteiger partial charge in [0.2, 0.25) is 5.89 Å². The van der Waals surface area contributed by atoms with Crippen LogP contribution in [-0.2, 0) is 13.0 Å². The quantitative estimate of drug-likeness (QED) is 0.739. The molecule has 1 saturated carbocycles. The molecule has 2 aromatic rings. The molecule has 0 radical (unpaired) electrons. The van der Waals surface area contributed by atoms with Gasteiger partial charge in [-0.3, -0.25) is 4.90 Å². The van der Waals surface area contributed by atoms with Gasteiger partial charge in [-0.15, -0.1) is 0 Å². The Morgan fingerprint density at radius 2 is 2.00 bits per heavy atom. The van der Waals surface area contributed by atoms with Crippen LogP contribution in [0.25, 0.3) is 0 Å². The number of aromatic nitrogens is 2. The molecule has 1 aliphatic rings. The summed E-state index contributed by atoms with van der Waals surface area (Å²) >= 11 is 6.37. The van der Waals surface area contributed by atoms with Gasteiger partial charge in [-0.1, -0.05) is 48.8 Å². The summed E-state index contributed by atoms with van der Waals surface area (Å²) in [7, 11) is 0. The van der Waals surface area contributed by atoms with Crippen molar-refractivity contribution < 1.29 is 4.52 Å². The average Bonchev–Trinajstić information content (AvgIpc) is 3.26. The lowest BCUT2D eigenvalue weighted by atomic mass is 10.1. The van der Waals surface area contributed by atoms with Crippen LogP contribution in [0.5, 0.6) is 0 Å². The summed E-state index contributed by atoms with van der Waals surface area (Å²) in [4.78, 5) is 6.97. The molecule has 1 heterocycles. The van der Waals surface area contributed by atoms with Crippen molar-refractivity contribution in [2.45, 2.75) is 58.7 Å². The molecule has 0 aliphatic heterocycles. The first-order valence-corrected chi connectivity index (χ1v) is 8.74. The molecule has 1 aromatic carbocycles. The minimum atomic E-state index is 0.233. The largest absolute Gasteiger partial charge is 0.338 e. The Morgan fingerprint density at radius 1 is 1.26 bits per heavy atom. The number of halogens is 1. The van der Waals surface area contributed by atoms with Gasteiger partial charge in [0.05, 0.1) is 6.54 Å². The molecule has 0 N–H and O–H groups in total. The summed E-state index contributed by atoms with van der Waals surface area (Å²) in [6, 6.07) is 8.87. The molecule has 1 aliphatic carbocycles. The Labute approximate surface area is 142 Å².